The molecule has 10 heteroatoms. The van der Waals surface area contributed by atoms with Gasteiger partial charge in [-0.25, -0.2) is 9.97 Å². The zero-order valence-electron chi connectivity index (χ0n) is 18.6. The molecule has 1 aromatic carbocycles. The van der Waals surface area contributed by atoms with E-state index in [0.717, 1.165) is 0 Å². The van der Waals surface area contributed by atoms with Crippen LogP contribution in [0.15, 0.2) is 39.9 Å². The zero-order chi connectivity index (χ0) is 23.4. The second-order valence-corrected chi connectivity index (χ2v) is 7.92. The van der Waals surface area contributed by atoms with Gasteiger partial charge in [0.15, 0.2) is 0 Å². The number of nitrogens with zero attached hydrogens (tertiary/aromatic N) is 3. The van der Waals surface area contributed by atoms with Crippen LogP contribution in [-0.4, -0.2) is 52.1 Å². The van der Waals surface area contributed by atoms with Gasteiger partial charge in [0.05, 0.1) is 13.2 Å². The van der Waals surface area contributed by atoms with Crippen LogP contribution in [0.3, 0.4) is 0 Å². The largest absolute Gasteiger partial charge is 0.378 e. The number of ether oxygens (including phenoxy) is 1. The van der Waals surface area contributed by atoms with Gasteiger partial charge >= 0.3 is 0 Å². The fourth-order valence-corrected chi connectivity index (χ4v) is 3.74. The van der Waals surface area contributed by atoms with Crippen molar-refractivity contribution in [1.29, 1.82) is 0 Å². The number of aryl methyl sites for hydroxylation is 2. The van der Waals surface area contributed by atoms with Gasteiger partial charge in [0.25, 0.3) is 11.1 Å². The molecule has 0 atom stereocenters. The van der Waals surface area contributed by atoms with E-state index < -0.39 is 0 Å². The molecule has 0 aliphatic carbocycles. The maximum atomic E-state index is 12.6. The lowest BCUT2D eigenvalue weighted by atomic mass is 10.1. The summed E-state index contributed by atoms with van der Waals surface area (Å²) >= 11 is 0. The summed E-state index contributed by atoms with van der Waals surface area (Å²) < 4.78 is 5.34. The molecule has 1 aliphatic heterocycles. The molecule has 2 aromatic heterocycles. The monoisotopic (exact) mass is 450 g/mol. The summed E-state index contributed by atoms with van der Waals surface area (Å²) in [7, 11) is 0. The molecule has 172 valence electrons. The maximum absolute atomic E-state index is 12.6. The summed E-state index contributed by atoms with van der Waals surface area (Å²) in [6.07, 6.45) is 0.405. The second kappa shape index (κ2) is 9.78. The van der Waals surface area contributed by atoms with Crippen LogP contribution < -0.4 is 21.3 Å². The number of H-pyrrole nitrogens is 2. The molecular weight excluding hydrogens is 424 g/mol. The van der Waals surface area contributed by atoms with Gasteiger partial charge in [-0.15, -0.1) is 0 Å². The van der Waals surface area contributed by atoms with E-state index in [9.17, 15) is 14.4 Å². The average molecular weight is 450 g/mol. The number of hydrogen-bond acceptors (Lipinski definition) is 7. The highest BCUT2D eigenvalue weighted by Gasteiger charge is 2.17. The number of nitrogens with one attached hydrogen (secondary N) is 3. The highest BCUT2D eigenvalue weighted by atomic mass is 16.5. The van der Waals surface area contributed by atoms with Gasteiger partial charge < -0.3 is 19.9 Å². The van der Waals surface area contributed by atoms with Gasteiger partial charge in [0.2, 0.25) is 11.9 Å². The lowest BCUT2D eigenvalue weighted by Crippen LogP contribution is -2.38. The van der Waals surface area contributed by atoms with Crippen molar-refractivity contribution in [2.24, 2.45) is 0 Å². The standard InChI is InChI=1S/C23H26N6O4/c1-14-12-20(31)27-21(24-14)16-4-3-5-17(13-16)26-19(30)7-6-18-15(2)25-23(28-22(18)32)29-8-10-33-11-9-29/h3-5,12-13H,6-11H2,1-2H3,(H,26,30)(H,24,27,31)(H,25,28,32). The molecular formula is C23H26N6O4. The Hall–Kier alpha value is -3.79. The molecule has 10 nitrogen and oxygen atoms in total. The van der Waals surface area contributed by atoms with Crippen molar-refractivity contribution in [1.82, 2.24) is 19.9 Å². The fourth-order valence-electron chi connectivity index (χ4n) is 3.74. The van der Waals surface area contributed by atoms with Gasteiger partial charge in [-0.2, -0.15) is 0 Å². The molecule has 0 saturated carbocycles. The minimum Gasteiger partial charge on any atom is -0.378 e. The van der Waals surface area contributed by atoms with E-state index in [2.05, 4.69) is 25.3 Å². The summed E-state index contributed by atoms with van der Waals surface area (Å²) in [5, 5.41) is 2.84. The topological polar surface area (TPSA) is 133 Å². The number of benzene rings is 1. The highest BCUT2D eigenvalue weighted by Crippen LogP contribution is 2.19. The Bertz CT molecular complexity index is 1280. The minimum atomic E-state index is -0.235. The molecule has 4 rings (SSSR count). The third kappa shape index (κ3) is 5.53. The third-order valence-corrected chi connectivity index (χ3v) is 5.41. The smallest absolute Gasteiger partial charge is 0.255 e. The second-order valence-electron chi connectivity index (χ2n) is 7.92. The Morgan fingerprint density at radius 1 is 1.12 bits per heavy atom. The van der Waals surface area contributed by atoms with E-state index in [1.54, 1.807) is 38.1 Å². The van der Waals surface area contributed by atoms with E-state index in [1.165, 1.54) is 6.07 Å². The minimum absolute atomic E-state index is 0.131. The first kappa shape index (κ1) is 22.4. The van der Waals surface area contributed by atoms with Gasteiger partial charge in [-0.3, -0.25) is 19.4 Å². The first-order chi connectivity index (χ1) is 15.9. The molecule has 0 spiro atoms. The van der Waals surface area contributed by atoms with Crippen LogP contribution >= 0.6 is 0 Å². The normalized spacial score (nSPS) is 13.7. The van der Waals surface area contributed by atoms with Gasteiger partial charge in [-0.05, 0) is 32.4 Å². The SMILES string of the molecule is Cc1cc(=O)[nH]c(-c2cccc(NC(=O)CCc3c(C)nc(N4CCOCC4)[nH]c3=O)c2)n1. The van der Waals surface area contributed by atoms with Crippen molar-refractivity contribution in [3.8, 4) is 11.4 Å². The Balaban J connectivity index is 1.41. The number of morpholine rings is 1. The molecule has 3 N–H and O–H groups in total. The van der Waals surface area contributed by atoms with Crippen molar-refractivity contribution < 1.29 is 9.53 Å². The number of rotatable bonds is 6. The highest BCUT2D eigenvalue weighted by molar-refractivity contribution is 5.91. The van der Waals surface area contributed by atoms with Gasteiger partial charge in [0, 0.05) is 53.8 Å². The van der Waals surface area contributed by atoms with E-state index >= 15 is 0 Å². The van der Waals surface area contributed by atoms with E-state index in [-0.39, 0.29) is 29.9 Å². The molecule has 1 aliphatic rings. The Kier molecular flexibility index (Phi) is 6.64. The average Bonchev–Trinajstić information content (AvgIpc) is 2.78. The molecule has 1 fully saturated rings. The maximum Gasteiger partial charge on any atom is 0.255 e. The lowest BCUT2D eigenvalue weighted by Gasteiger charge is -2.27. The number of amides is 1. The van der Waals surface area contributed by atoms with Crippen LogP contribution in [0, 0.1) is 13.8 Å². The number of aromatic nitrogens is 4. The summed E-state index contributed by atoms with van der Waals surface area (Å²) in [4.78, 5) is 53.3. The first-order valence-electron chi connectivity index (χ1n) is 10.8. The van der Waals surface area contributed by atoms with Crippen LogP contribution in [0.25, 0.3) is 11.4 Å². The summed E-state index contributed by atoms with van der Waals surface area (Å²) in [5.74, 6) is 0.743. The lowest BCUT2D eigenvalue weighted by molar-refractivity contribution is -0.116. The number of carbonyl (C=O) groups is 1. The number of aromatic amines is 2. The fraction of sp³-hybridized carbons (Fsp3) is 0.348. The van der Waals surface area contributed by atoms with Crippen LogP contribution in [0.1, 0.15) is 23.4 Å². The van der Waals surface area contributed by atoms with Crippen LogP contribution in [0.4, 0.5) is 11.6 Å². The van der Waals surface area contributed by atoms with Gasteiger partial charge in [-0.1, -0.05) is 12.1 Å². The number of anilines is 2. The van der Waals surface area contributed by atoms with Crippen LogP contribution in [0.2, 0.25) is 0 Å². The summed E-state index contributed by atoms with van der Waals surface area (Å²) in [6.45, 7) is 6.08. The Morgan fingerprint density at radius 2 is 1.91 bits per heavy atom. The Morgan fingerprint density at radius 3 is 2.64 bits per heavy atom. The molecule has 0 unspecified atom stereocenters. The number of carbonyl (C=O) groups excluding carboxylic acids is 1. The van der Waals surface area contributed by atoms with Gasteiger partial charge in [0.1, 0.15) is 5.82 Å². The van der Waals surface area contributed by atoms with Crippen LogP contribution in [0.5, 0.6) is 0 Å². The number of hydrogen-bond donors (Lipinski definition) is 3. The first-order valence-corrected chi connectivity index (χ1v) is 10.8. The van der Waals surface area contributed by atoms with Crippen molar-refractivity contribution in [3.63, 3.8) is 0 Å². The quantitative estimate of drug-likeness (QED) is 0.519. The molecule has 3 aromatic rings. The molecule has 0 radical (unpaired) electrons. The molecule has 33 heavy (non-hydrogen) atoms. The van der Waals surface area contributed by atoms with Crippen molar-refractivity contribution in [3.05, 3.63) is 68.0 Å². The van der Waals surface area contributed by atoms with E-state index in [4.69, 9.17) is 4.74 Å². The summed E-state index contributed by atoms with van der Waals surface area (Å²) in [5.41, 5.74) is 2.52. The predicted octanol–water partition coefficient (Wildman–Crippen LogP) is 1.54. The molecule has 3 heterocycles. The Labute approximate surface area is 190 Å². The molecule has 0 bridgehead atoms. The van der Waals surface area contributed by atoms with E-state index in [0.29, 0.717) is 66.3 Å². The zero-order valence-corrected chi connectivity index (χ0v) is 18.6. The van der Waals surface area contributed by atoms with Crippen molar-refractivity contribution in [2.45, 2.75) is 26.7 Å². The third-order valence-electron chi connectivity index (χ3n) is 5.41. The van der Waals surface area contributed by atoms with Crippen molar-refractivity contribution >= 4 is 17.5 Å². The predicted molar refractivity (Wildman–Crippen MR) is 125 cm³/mol. The van der Waals surface area contributed by atoms with Crippen molar-refractivity contribution in [2.75, 3.05) is 36.5 Å². The summed E-state index contributed by atoms with van der Waals surface area (Å²) in [6, 6.07) is 8.49. The molecule has 1 amide bonds. The van der Waals surface area contributed by atoms with E-state index in [1.807, 2.05) is 4.90 Å². The molecule has 1 saturated heterocycles. The van der Waals surface area contributed by atoms with Crippen LogP contribution in [-0.2, 0) is 16.0 Å².